The third-order valence-corrected chi connectivity index (χ3v) is 5.38. The van der Waals surface area contributed by atoms with Crippen molar-refractivity contribution in [1.82, 2.24) is 15.0 Å². The molecule has 1 fully saturated rings. The number of fused-ring (bicyclic) bond motifs is 1. The van der Waals surface area contributed by atoms with Gasteiger partial charge in [-0.1, -0.05) is 11.2 Å². The molecule has 5 rings (SSSR count). The maximum Gasteiger partial charge on any atom is 0.263 e. The van der Waals surface area contributed by atoms with Crippen molar-refractivity contribution in [3.8, 4) is 11.5 Å². The fraction of sp³-hybridized carbons (Fsp3) is 0.318. The SMILES string of the molecule is Cc1ccn(Cc2ccc3c(c2)OCO3)c(=O)c1C(=O)NCc1cc(C2CC2)on1. The monoisotopic (exact) mass is 407 g/mol. The molecule has 2 aliphatic rings. The van der Waals surface area contributed by atoms with Crippen LogP contribution in [0.4, 0.5) is 0 Å². The molecule has 1 N–H and O–H groups in total. The Bertz CT molecular complexity index is 1180. The van der Waals surface area contributed by atoms with E-state index >= 15 is 0 Å². The van der Waals surface area contributed by atoms with E-state index in [2.05, 4.69) is 10.5 Å². The lowest BCUT2D eigenvalue weighted by atomic mass is 10.1. The van der Waals surface area contributed by atoms with E-state index < -0.39 is 5.91 Å². The molecule has 1 aromatic carbocycles. The predicted octanol–water partition coefficient (Wildman–Crippen LogP) is 2.73. The van der Waals surface area contributed by atoms with Crippen molar-refractivity contribution in [2.24, 2.45) is 0 Å². The molecular weight excluding hydrogens is 386 g/mol. The number of pyridine rings is 1. The molecule has 2 aromatic heterocycles. The van der Waals surface area contributed by atoms with E-state index in [1.165, 1.54) is 4.57 Å². The minimum absolute atomic E-state index is 0.129. The van der Waals surface area contributed by atoms with E-state index in [1.54, 1.807) is 19.2 Å². The minimum Gasteiger partial charge on any atom is -0.454 e. The predicted molar refractivity (Wildman–Crippen MR) is 107 cm³/mol. The Balaban J connectivity index is 1.32. The Labute approximate surface area is 172 Å². The molecule has 3 aromatic rings. The fourth-order valence-electron chi connectivity index (χ4n) is 3.53. The zero-order valence-corrected chi connectivity index (χ0v) is 16.5. The summed E-state index contributed by atoms with van der Waals surface area (Å²) in [4.78, 5) is 25.7. The number of hydrogen-bond acceptors (Lipinski definition) is 6. The maximum atomic E-state index is 13.0. The van der Waals surface area contributed by atoms with Crippen LogP contribution in [0.1, 0.15) is 51.7 Å². The smallest absolute Gasteiger partial charge is 0.263 e. The number of ether oxygens (including phenoxy) is 2. The molecular formula is C22H21N3O5. The molecule has 30 heavy (non-hydrogen) atoms. The lowest BCUT2D eigenvalue weighted by Gasteiger charge is -2.11. The van der Waals surface area contributed by atoms with Crippen LogP contribution in [0.2, 0.25) is 0 Å². The highest BCUT2D eigenvalue weighted by molar-refractivity contribution is 5.95. The molecule has 0 saturated heterocycles. The van der Waals surface area contributed by atoms with Gasteiger partial charge in [0.05, 0.1) is 13.1 Å². The van der Waals surface area contributed by atoms with Crippen molar-refractivity contribution in [1.29, 1.82) is 0 Å². The van der Waals surface area contributed by atoms with Gasteiger partial charge >= 0.3 is 0 Å². The first kappa shape index (κ1) is 18.5. The van der Waals surface area contributed by atoms with Crippen LogP contribution < -0.4 is 20.3 Å². The molecule has 0 radical (unpaired) electrons. The third-order valence-electron chi connectivity index (χ3n) is 5.38. The lowest BCUT2D eigenvalue weighted by molar-refractivity contribution is 0.0947. The first-order valence-corrected chi connectivity index (χ1v) is 9.91. The van der Waals surface area contributed by atoms with Gasteiger partial charge in [-0.15, -0.1) is 0 Å². The largest absolute Gasteiger partial charge is 0.454 e. The van der Waals surface area contributed by atoms with E-state index in [9.17, 15) is 9.59 Å². The number of aromatic nitrogens is 2. The van der Waals surface area contributed by atoms with E-state index in [-0.39, 0.29) is 24.5 Å². The summed E-state index contributed by atoms with van der Waals surface area (Å²) in [5.74, 6) is 2.24. The number of aryl methyl sites for hydroxylation is 1. The summed E-state index contributed by atoms with van der Waals surface area (Å²) in [6.45, 7) is 2.48. The summed E-state index contributed by atoms with van der Waals surface area (Å²) >= 11 is 0. The summed E-state index contributed by atoms with van der Waals surface area (Å²) in [7, 11) is 0. The fourth-order valence-corrected chi connectivity index (χ4v) is 3.53. The van der Waals surface area contributed by atoms with Crippen LogP contribution in [-0.2, 0) is 13.1 Å². The second kappa shape index (κ2) is 7.37. The van der Waals surface area contributed by atoms with Crippen molar-refractivity contribution in [2.75, 3.05) is 6.79 Å². The van der Waals surface area contributed by atoms with Crippen molar-refractivity contribution >= 4 is 5.91 Å². The third kappa shape index (κ3) is 3.56. The number of rotatable bonds is 6. The van der Waals surface area contributed by atoms with Crippen LogP contribution in [0.25, 0.3) is 0 Å². The van der Waals surface area contributed by atoms with Crippen LogP contribution in [-0.4, -0.2) is 22.4 Å². The Kier molecular flexibility index (Phi) is 4.54. The standard InChI is InChI=1S/C22H21N3O5/c1-13-6-7-25(11-14-2-5-17-19(8-14)29-12-28-17)22(27)20(13)21(26)23-10-16-9-18(30-24-16)15-3-4-15/h2,5-9,15H,3-4,10-12H2,1H3,(H,23,26). The molecule has 8 nitrogen and oxygen atoms in total. The van der Waals surface area contributed by atoms with Crippen molar-refractivity contribution in [3.05, 3.63) is 75.0 Å². The molecule has 8 heteroatoms. The van der Waals surface area contributed by atoms with Gasteiger partial charge in [0.15, 0.2) is 11.5 Å². The number of nitrogens with zero attached hydrogens (tertiary/aromatic N) is 2. The van der Waals surface area contributed by atoms with Gasteiger partial charge in [0.1, 0.15) is 17.0 Å². The summed E-state index contributed by atoms with van der Waals surface area (Å²) in [6, 6.07) is 9.18. The summed E-state index contributed by atoms with van der Waals surface area (Å²) in [5.41, 5.74) is 1.94. The molecule has 0 bridgehead atoms. The highest BCUT2D eigenvalue weighted by Crippen LogP contribution is 2.40. The number of benzene rings is 1. The van der Waals surface area contributed by atoms with Gasteiger partial charge in [0.25, 0.3) is 11.5 Å². The molecule has 3 heterocycles. The zero-order chi connectivity index (χ0) is 20.7. The molecule has 0 unspecified atom stereocenters. The second-order valence-corrected chi connectivity index (χ2v) is 7.67. The number of carbonyl (C=O) groups is 1. The van der Waals surface area contributed by atoms with Gasteiger partial charge in [-0.3, -0.25) is 9.59 Å². The van der Waals surface area contributed by atoms with Gasteiger partial charge in [-0.2, -0.15) is 0 Å². The average Bonchev–Trinajstić information content (AvgIpc) is 3.29. The average molecular weight is 407 g/mol. The van der Waals surface area contributed by atoms with Crippen LogP contribution in [0, 0.1) is 6.92 Å². The van der Waals surface area contributed by atoms with Crippen molar-refractivity contribution in [3.63, 3.8) is 0 Å². The Morgan fingerprint density at radius 2 is 2.03 bits per heavy atom. The molecule has 1 aliphatic heterocycles. The zero-order valence-electron chi connectivity index (χ0n) is 16.5. The molecule has 0 atom stereocenters. The minimum atomic E-state index is -0.423. The Morgan fingerprint density at radius 1 is 1.20 bits per heavy atom. The van der Waals surface area contributed by atoms with E-state index in [4.69, 9.17) is 14.0 Å². The van der Waals surface area contributed by atoms with Crippen molar-refractivity contribution < 1.29 is 18.8 Å². The summed E-state index contributed by atoms with van der Waals surface area (Å²) in [6.07, 6.45) is 3.93. The molecule has 0 spiro atoms. The normalized spacial score (nSPS) is 14.7. The first-order chi connectivity index (χ1) is 14.6. The Morgan fingerprint density at radius 3 is 2.87 bits per heavy atom. The number of carbonyl (C=O) groups excluding carboxylic acids is 1. The van der Waals surface area contributed by atoms with Gasteiger partial charge < -0.3 is 23.9 Å². The summed E-state index contributed by atoms with van der Waals surface area (Å²) in [5, 5.41) is 6.78. The number of hydrogen-bond donors (Lipinski definition) is 1. The topological polar surface area (TPSA) is 95.6 Å². The van der Waals surface area contributed by atoms with Crippen molar-refractivity contribution in [2.45, 2.75) is 38.8 Å². The molecule has 1 aliphatic carbocycles. The summed E-state index contributed by atoms with van der Waals surface area (Å²) < 4.78 is 17.5. The van der Waals surface area contributed by atoms with Gasteiger partial charge in [0.2, 0.25) is 6.79 Å². The Hall–Kier alpha value is -3.55. The highest BCUT2D eigenvalue weighted by Gasteiger charge is 2.28. The number of nitrogens with one attached hydrogen (secondary N) is 1. The van der Waals surface area contributed by atoms with E-state index in [0.29, 0.717) is 35.2 Å². The van der Waals surface area contributed by atoms with Crippen LogP contribution in [0.3, 0.4) is 0 Å². The number of amides is 1. The highest BCUT2D eigenvalue weighted by atomic mass is 16.7. The molecule has 1 amide bonds. The van der Waals surface area contributed by atoms with Gasteiger partial charge in [-0.25, -0.2) is 0 Å². The van der Waals surface area contributed by atoms with Gasteiger partial charge in [-0.05, 0) is 49.1 Å². The first-order valence-electron chi connectivity index (χ1n) is 9.91. The van der Waals surface area contributed by atoms with Gasteiger partial charge in [0, 0.05) is 18.2 Å². The second-order valence-electron chi connectivity index (χ2n) is 7.67. The maximum absolute atomic E-state index is 13.0. The molecule has 154 valence electrons. The van der Waals surface area contributed by atoms with Crippen LogP contribution in [0.5, 0.6) is 11.5 Å². The quantitative estimate of drug-likeness (QED) is 0.675. The lowest BCUT2D eigenvalue weighted by Crippen LogP contribution is -2.34. The van der Waals surface area contributed by atoms with E-state index in [1.807, 2.05) is 24.3 Å². The molecule has 1 saturated carbocycles. The van der Waals surface area contributed by atoms with E-state index in [0.717, 1.165) is 24.2 Å². The van der Waals surface area contributed by atoms with Crippen LogP contribution >= 0.6 is 0 Å². The van der Waals surface area contributed by atoms with Crippen LogP contribution in [0.15, 0.2) is 45.8 Å².